The van der Waals surface area contributed by atoms with Crippen LogP contribution in [-0.4, -0.2) is 46.7 Å². The molecule has 0 spiro atoms. The third kappa shape index (κ3) is 4.70. The summed E-state index contributed by atoms with van der Waals surface area (Å²) in [5.74, 6) is 0.884. The number of fused-ring (bicyclic) bond motifs is 1. The van der Waals surface area contributed by atoms with Crippen molar-refractivity contribution in [3.05, 3.63) is 42.2 Å². The highest BCUT2D eigenvalue weighted by Gasteiger charge is 2.20. The van der Waals surface area contributed by atoms with Gasteiger partial charge in [-0.25, -0.2) is 4.98 Å². The SMILES string of the molecule is CC(C)Oc1ccc(-c2[nH]c3nccnc3c2C[N+](C)(C)C)cc1.[I-]. The van der Waals surface area contributed by atoms with E-state index in [0.29, 0.717) is 0 Å². The number of nitrogens with zero attached hydrogens (tertiary/aromatic N) is 3. The summed E-state index contributed by atoms with van der Waals surface area (Å²) in [6.45, 7) is 4.93. The first-order chi connectivity index (χ1) is 11.3. The Morgan fingerprint density at radius 2 is 1.68 bits per heavy atom. The van der Waals surface area contributed by atoms with Crippen molar-refractivity contribution in [1.29, 1.82) is 0 Å². The van der Waals surface area contributed by atoms with E-state index in [0.717, 1.165) is 39.2 Å². The minimum atomic E-state index is 0. The standard InChI is InChI=1S/C19H25N4O.HI/c1-13(2)24-15-8-6-14(7-9-15)17-16(12-23(3,4)5)18-19(22-17)21-11-10-20-18;/h6-11,13H,12H2,1-5H3,(H,21,22);1H/q+1;/p-1. The van der Waals surface area contributed by atoms with Crippen LogP contribution in [0.4, 0.5) is 0 Å². The molecule has 0 aliphatic heterocycles. The average molecular weight is 452 g/mol. The summed E-state index contributed by atoms with van der Waals surface area (Å²) in [5.41, 5.74) is 5.18. The third-order valence-corrected chi connectivity index (χ3v) is 3.68. The number of benzene rings is 1. The van der Waals surface area contributed by atoms with Gasteiger partial charge >= 0.3 is 0 Å². The number of ether oxygens (including phenoxy) is 1. The predicted octanol–water partition coefficient (Wildman–Crippen LogP) is 0.622. The Bertz CT molecular complexity index is 835. The van der Waals surface area contributed by atoms with Gasteiger partial charge in [0.1, 0.15) is 17.8 Å². The fraction of sp³-hybridized carbons (Fsp3) is 0.368. The molecule has 0 atom stereocenters. The van der Waals surface area contributed by atoms with E-state index in [1.807, 2.05) is 26.0 Å². The Hall–Kier alpha value is -1.67. The molecule has 0 saturated heterocycles. The maximum Gasteiger partial charge on any atom is 0.157 e. The highest BCUT2D eigenvalue weighted by molar-refractivity contribution is 5.85. The Kier molecular flexibility index (Phi) is 6.05. The quantitative estimate of drug-likeness (QED) is 0.457. The minimum absolute atomic E-state index is 0. The number of aromatic nitrogens is 3. The van der Waals surface area contributed by atoms with Crippen LogP contribution in [0.1, 0.15) is 19.4 Å². The van der Waals surface area contributed by atoms with Crippen molar-refractivity contribution in [3.8, 4) is 17.0 Å². The van der Waals surface area contributed by atoms with E-state index >= 15 is 0 Å². The molecule has 1 aromatic carbocycles. The molecule has 25 heavy (non-hydrogen) atoms. The Morgan fingerprint density at radius 1 is 1.04 bits per heavy atom. The molecule has 3 rings (SSSR count). The summed E-state index contributed by atoms with van der Waals surface area (Å²) in [5, 5.41) is 0. The predicted molar refractivity (Wildman–Crippen MR) is 96.8 cm³/mol. The number of rotatable bonds is 5. The lowest BCUT2D eigenvalue weighted by atomic mass is 10.1. The van der Waals surface area contributed by atoms with E-state index in [2.05, 4.69) is 48.2 Å². The topological polar surface area (TPSA) is 50.8 Å². The summed E-state index contributed by atoms with van der Waals surface area (Å²) in [6.07, 6.45) is 3.64. The van der Waals surface area contributed by atoms with Gasteiger partial charge in [-0.05, 0) is 43.7 Å². The second-order valence-corrected chi connectivity index (χ2v) is 7.37. The molecule has 0 aliphatic rings. The molecule has 0 fully saturated rings. The zero-order valence-corrected chi connectivity index (χ0v) is 17.5. The minimum Gasteiger partial charge on any atom is -1.00 e. The Labute approximate surface area is 166 Å². The van der Waals surface area contributed by atoms with E-state index in [9.17, 15) is 0 Å². The monoisotopic (exact) mass is 452 g/mol. The molecule has 0 unspecified atom stereocenters. The van der Waals surface area contributed by atoms with E-state index in [1.165, 1.54) is 5.56 Å². The lowest BCUT2D eigenvalue weighted by Crippen LogP contribution is -3.00. The van der Waals surface area contributed by atoms with Crippen LogP contribution in [0.25, 0.3) is 22.4 Å². The highest BCUT2D eigenvalue weighted by Crippen LogP contribution is 2.31. The first-order valence-electron chi connectivity index (χ1n) is 8.22. The molecule has 0 radical (unpaired) electrons. The van der Waals surface area contributed by atoms with Gasteiger partial charge in [-0.2, -0.15) is 0 Å². The van der Waals surface area contributed by atoms with Gasteiger partial charge in [-0.15, -0.1) is 0 Å². The fourth-order valence-corrected chi connectivity index (χ4v) is 2.81. The molecule has 5 nitrogen and oxygen atoms in total. The molecule has 0 amide bonds. The summed E-state index contributed by atoms with van der Waals surface area (Å²) in [7, 11) is 6.54. The van der Waals surface area contributed by atoms with Crippen LogP contribution in [0, 0.1) is 0 Å². The Morgan fingerprint density at radius 3 is 2.28 bits per heavy atom. The van der Waals surface area contributed by atoms with Crippen molar-refractivity contribution in [2.75, 3.05) is 21.1 Å². The van der Waals surface area contributed by atoms with Gasteiger partial charge in [-0.1, -0.05) is 0 Å². The number of aromatic amines is 1. The first-order valence-corrected chi connectivity index (χ1v) is 8.22. The molecule has 2 aromatic heterocycles. The van der Waals surface area contributed by atoms with Gasteiger partial charge in [0.25, 0.3) is 0 Å². The van der Waals surface area contributed by atoms with E-state index in [4.69, 9.17) is 4.74 Å². The molecular weight excluding hydrogens is 427 g/mol. The van der Waals surface area contributed by atoms with Crippen molar-refractivity contribution >= 4 is 11.2 Å². The van der Waals surface area contributed by atoms with E-state index < -0.39 is 0 Å². The molecule has 0 aliphatic carbocycles. The highest BCUT2D eigenvalue weighted by atomic mass is 127. The van der Waals surface area contributed by atoms with Crippen LogP contribution < -0.4 is 28.7 Å². The van der Waals surface area contributed by atoms with Crippen LogP contribution in [0.3, 0.4) is 0 Å². The second-order valence-electron chi connectivity index (χ2n) is 7.37. The Balaban J connectivity index is 0.00000225. The van der Waals surface area contributed by atoms with Crippen LogP contribution >= 0.6 is 0 Å². The summed E-state index contributed by atoms with van der Waals surface area (Å²) < 4.78 is 6.56. The number of hydrogen-bond donors (Lipinski definition) is 1. The summed E-state index contributed by atoms with van der Waals surface area (Å²) in [6, 6.07) is 8.19. The summed E-state index contributed by atoms with van der Waals surface area (Å²) >= 11 is 0. The van der Waals surface area contributed by atoms with Crippen LogP contribution in [0.15, 0.2) is 36.7 Å². The van der Waals surface area contributed by atoms with Gasteiger partial charge in [0, 0.05) is 12.4 Å². The fourth-order valence-electron chi connectivity index (χ4n) is 2.81. The number of halogens is 1. The smallest absolute Gasteiger partial charge is 0.157 e. The maximum absolute atomic E-state index is 5.74. The van der Waals surface area contributed by atoms with Gasteiger partial charge < -0.3 is 38.2 Å². The molecule has 6 heteroatoms. The zero-order valence-electron chi connectivity index (χ0n) is 15.4. The number of nitrogens with one attached hydrogen (secondary N) is 1. The lowest BCUT2D eigenvalue weighted by molar-refractivity contribution is -0.883. The van der Waals surface area contributed by atoms with Crippen molar-refractivity contribution in [1.82, 2.24) is 15.0 Å². The molecule has 134 valence electrons. The lowest BCUT2D eigenvalue weighted by Gasteiger charge is -2.24. The first kappa shape index (κ1) is 19.7. The largest absolute Gasteiger partial charge is 1.00 e. The van der Waals surface area contributed by atoms with Crippen molar-refractivity contribution in [2.24, 2.45) is 0 Å². The van der Waals surface area contributed by atoms with Crippen molar-refractivity contribution < 1.29 is 33.2 Å². The third-order valence-electron chi connectivity index (χ3n) is 3.68. The molecule has 1 N–H and O–H groups in total. The van der Waals surface area contributed by atoms with E-state index in [-0.39, 0.29) is 30.1 Å². The average Bonchev–Trinajstić information content (AvgIpc) is 2.85. The van der Waals surface area contributed by atoms with Crippen molar-refractivity contribution in [3.63, 3.8) is 0 Å². The maximum atomic E-state index is 5.74. The van der Waals surface area contributed by atoms with Gasteiger partial charge in [0.15, 0.2) is 5.65 Å². The number of hydrogen-bond acceptors (Lipinski definition) is 3. The van der Waals surface area contributed by atoms with Crippen LogP contribution in [0.2, 0.25) is 0 Å². The van der Waals surface area contributed by atoms with Gasteiger partial charge in [0.2, 0.25) is 0 Å². The molecule has 0 bridgehead atoms. The molecule has 3 aromatic rings. The normalized spacial score (nSPS) is 11.6. The van der Waals surface area contributed by atoms with E-state index in [1.54, 1.807) is 12.4 Å². The molecule has 0 saturated carbocycles. The zero-order chi connectivity index (χ0) is 17.3. The van der Waals surface area contributed by atoms with Crippen LogP contribution in [0.5, 0.6) is 5.75 Å². The van der Waals surface area contributed by atoms with Crippen molar-refractivity contribution in [2.45, 2.75) is 26.5 Å². The number of H-pyrrole nitrogens is 1. The van der Waals surface area contributed by atoms with Gasteiger partial charge in [-0.3, -0.25) is 4.98 Å². The second kappa shape index (κ2) is 7.70. The molecule has 2 heterocycles. The molecular formula is C19H25IN4O. The van der Waals surface area contributed by atoms with Gasteiger partial charge in [0.05, 0.1) is 38.5 Å². The van der Waals surface area contributed by atoms with Crippen LogP contribution in [-0.2, 0) is 6.54 Å². The summed E-state index contributed by atoms with van der Waals surface area (Å²) in [4.78, 5) is 12.4. The number of quaternary nitrogens is 1.